The molecule has 0 aliphatic carbocycles. The number of primary amides is 1. The fourth-order valence-corrected chi connectivity index (χ4v) is 4.43. The number of carbonyl (C=O) groups excluding carboxylic acids is 2. The van der Waals surface area contributed by atoms with E-state index < -0.39 is 5.91 Å². The first-order chi connectivity index (χ1) is 16.4. The Morgan fingerprint density at radius 3 is 2.82 bits per heavy atom. The Balaban J connectivity index is 1.46. The van der Waals surface area contributed by atoms with Crippen LogP contribution in [0.3, 0.4) is 0 Å². The zero-order chi connectivity index (χ0) is 24.0. The Kier molecular flexibility index (Phi) is 5.18. The zero-order valence-corrected chi connectivity index (χ0v) is 18.8. The predicted octanol–water partition coefficient (Wildman–Crippen LogP) is 4.09. The topological polar surface area (TPSA) is 126 Å². The third kappa shape index (κ3) is 3.62. The zero-order valence-electron chi connectivity index (χ0n) is 18.1. The molecule has 0 spiro atoms. The molecule has 2 aromatic heterocycles. The molecule has 1 aliphatic heterocycles. The molecule has 0 atom stereocenters. The van der Waals surface area contributed by atoms with Crippen LogP contribution in [0, 0.1) is 13.5 Å². The molecule has 4 aromatic rings. The van der Waals surface area contributed by atoms with E-state index in [0.717, 1.165) is 10.9 Å². The van der Waals surface area contributed by atoms with Crippen molar-refractivity contribution in [3.63, 3.8) is 0 Å². The highest BCUT2D eigenvalue weighted by Crippen LogP contribution is 2.33. The Bertz CT molecular complexity index is 1510. The number of urea groups is 1. The number of benzene rings is 2. The summed E-state index contributed by atoms with van der Waals surface area (Å²) in [6.45, 7) is 9.94. The smallest absolute Gasteiger partial charge is 0.322 e. The van der Waals surface area contributed by atoms with Gasteiger partial charge in [0.1, 0.15) is 5.69 Å². The first-order valence-electron chi connectivity index (χ1n) is 10.4. The quantitative estimate of drug-likeness (QED) is 0.386. The van der Waals surface area contributed by atoms with Gasteiger partial charge in [-0.1, -0.05) is 17.7 Å². The molecule has 0 bridgehead atoms. The highest BCUT2D eigenvalue weighted by atomic mass is 35.5. The molecule has 34 heavy (non-hydrogen) atoms. The predicted molar refractivity (Wildman–Crippen MR) is 128 cm³/mol. The highest BCUT2D eigenvalue weighted by molar-refractivity contribution is 6.35. The molecule has 0 saturated heterocycles. The monoisotopic (exact) mass is 474 g/mol. The molecule has 4 N–H and O–H groups in total. The molecule has 11 heteroatoms. The molecule has 3 heterocycles. The van der Waals surface area contributed by atoms with Crippen LogP contribution < -0.4 is 11.1 Å². The lowest BCUT2D eigenvalue weighted by Gasteiger charge is -2.28. The maximum absolute atomic E-state index is 12.9. The van der Waals surface area contributed by atoms with E-state index in [1.807, 2.05) is 13.0 Å². The summed E-state index contributed by atoms with van der Waals surface area (Å²) in [5.41, 5.74) is 10.2. The number of carbonyl (C=O) groups is 2. The van der Waals surface area contributed by atoms with Gasteiger partial charge in [0.25, 0.3) is 5.91 Å². The number of nitrogens with zero attached hydrogens (tertiary/aromatic N) is 5. The average Bonchev–Trinajstić information content (AvgIpc) is 3.43. The standard InChI is InChI=1S/C23H19ClN8O2/c1-12-7-15(3-4-17(12)26-2)28-23(34)31-5-6-32-18(11-31)19(22(25)33)21(30-32)13-8-14-10-27-29-20(14)16(24)9-13/h3-4,7-10H,5-6,11H2,1H3,(H2,25,33)(H,27,29)(H,28,34). The third-order valence-electron chi connectivity index (χ3n) is 5.86. The molecule has 0 radical (unpaired) electrons. The number of aryl methyl sites for hydroxylation is 1. The summed E-state index contributed by atoms with van der Waals surface area (Å²) in [5.74, 6) is -0.632. The maximum Gasteiger partial charge on any atom is 0.322 e. The van der Waals surface area contributed by atoms with Crippen LogP contribution in [0.1, 0.15) is 21.6 Å². The van der Waals surface area contributed by atoms with Gasteiger partial charge in [0.15, 0.2) is 5.69 Å². The van der Waals surface area contributed by atoms with Gasteiger partial charge < -0.3 is 16.0 Å². The Morgan fingerprint density at radius 2 is 2.09 bits per heavy atom. The van der Waals surface area contributed by atoms with Crippen molar-refractivity contribution < 1.29 is 9.59 Å². The van der Waals surface area contributed by atoms with Gasteiger partial charge in [-0.15, -0.1) is 0 Å². The number of hydrogen-bond acceptors (Lipinski definition) is 4. The second-order valence-corrected chi connectivity index (χ2v) is 8.42. The molecule has 1 aliphatic rings. The van der Waals surface area contributed by atoms with E-state index in [4.69, 9.17) is 23.9 Å². The van der Waals surface area contributed by atoms with E-state index in [9.17, 15) is 9.59 Å². The molecular formula is C23H19ClN8O2. The summed E-state index contributed by atoms with van der Waals surface area (Å²) < 4.78 is 1.71. The fraction of sp³-hybridized carbons (Fsp3) is 0.174. The summed E-state index contributed by atoms with van der Waals surface area (Å²) in [7, 11) is 0. The van der Waals surface area contributed by atoms with Crippen LogP contribution in [0.15, 0.2) is 36.5 Å². The number of halogens is 1. The minimum atomic E-state index is -0.632. The van der Waals surface area contributed by atoms with Crippen molar-refractivity contribution in [1.29, 1.82) is 0 Å². The lowest BCUT2D eigenvalue weighted by molar-refractivity contribution is 0.0997. The summed E-state index contributed by atoms with van der Waals surface area (Å²) >= 11 is 6.38. The number of amides is 3. The number of aromatic nitrogens is 4. The number of anilines is 1. The lowest BCUT2D eigenvalue weighted by Crippen LogP contribution is -2.41. The van der Waals surface area contributed by atoms with E-state index in [-0.39, 0.29) is 18.1 Å². The Labute approximate surface area is 199 Å². The molecule has 0 unspecified atom stereocenters. The molecule has 0 fully saturated rings. The highest BCUT2D eigenvalue weighted by Gasteiger charge is 2.30. The van der Waals surface area contributed by atoms with Crippen molar-refractivity contribution in [2.45, 2.75) is 20.0 Å². The van der Waals surface area contributed by atoms with Crippen LogP contribution in [-0.4, -0.2) is 43.4 Å². The number of nitrogens with two attached hydrogens (primary N) is 1. The molecule has 2 aromatic carbocycles. The number of nitrogens with one attached hydrogen (secondary N) is 2. The van der Waals surface area contributed by atoms with Gasteiger partial charge in [-0.2, -0.15) is 10.2 Å². The van der Waals surface area contributed by atoms with Crippen LogP contribution in [-0.2, 0) is 13.1 Å². The van der Waals surface area contributed by atoms with Gasteiger partial charge in [0.05, 0.1) is 47.7 Å². The summed E-state index contributed by atoms with van der Waals surface area (Å²) in [4.78, 5) is 30.4. The Hall–Kier alpha value is -4.36. The van der Waals surface area contributed by atoms with Crippen LogP contribution in [0.25, 0.3) is 27.0 Å². The summed E-state index contributed by atoms with van der Waals surface area (Å²) in [5, 5.41) is 15.6. The lowest BCUT2D eigenvalue weighted by atomic mass is 10.0. The van der Waals surface area contributed by atoms with E-state index in [2.05, 4.69) is 25.5 Å². The molecular weight excluding hydrogens is 456 g/mol. The van der Waals surface area contributed by atoms with Crippen LogP contribution in [0.5, 0.6) is 0 Å². The first-order valence-corrected chi connectivity index (χ1v) is 10.8. The van der Waals surface area contributed by atoms with Gasteiger partial charge >= 0.3 is 6.03 Å². The molecule has 170 valence electrons. The van der Waals surface area contributed by atoms with E-state index in [1.54, 1.807) is 40.0 Å². The van der Waals surface area contributed by atoms with Crippen molar-refractivity contribution in [2.75, 3.05) is 11.9 Å². The molecule has 0 saturated carbocycles. The number of aromatic amines is 1. The van der Waals surface area contributed by atoms with Gasteiger partial charge in [-0.25, -0.2) is 9.64 Å². The van der Waals surface area contributed by atoms with Crippen molar-refractivity contribution in [3.8, 4) is 11.3 Å². The first kappa shape index (κ1) is 21.5. The van der Waals surface area contributed by atoms with E-state index in [1.165, 1.54) is 0 Å². The van der Waals surface area contributed by atoms with Crippen LogP contribution in [0.2, 0.25) is 5.02 Å². The van der Waals surface area contributed by atoms with Gasteiger partial charge in [-0.3, -0.25) is 14.6 Å². The van der Waals surface area contributed by atoms with Crippen molar-refractivity contribution >= 4 is 45.8 Å². The summed E-state index contributed by atoms with van der Waals surface area (Å²) in [6.07, 6.45) is 1.64. The minimum Gasteiger partial charge on any atom is -0.365 e. The second-order valence-electron chi connectivity index (χ2n) is 8.01. The van der Waals surface area contributed by atoms with E-state index in [0.29, 0.717) is 52.0 Å². The van der Waals surface area contributed by atoms with Crippen molar-refractivity contribution in [3.05, 3.63) is 69.8 Å². The number of fused-ring (bicyclic) bond motifs is 2. The fourth-order valence-electron chi connectivity index (χ4n) is 4.16. The average molecular weight is 475 g/mol. The largest absolute Gasteiger partial charge is 0.365 e. The van der Waals surface area contributed by atoms with Crippen LogP contribution in [0.4, 0.5) is 16.2 Å². The minimum absolute atomic E-state index is 0.165. The van der Waals surface area contributed by atoms with Gasteiger partial charge in [0.2, 0.25) is 0 Å². The molecule has 10 nitrogen and oxygen atoms in total. The van der Waals surface area contributed by atoms with Crippen LogP contribution >= 0.6 is 11.6 Å². The van der Waals surface area contributed by atoms with Crippen molar-refractivity contribution in [1.82, 2.24) is 24.9 Å². The second kappa shape index (κ2) is 8.20. The molecule has 5 rings (SSSR count). The van der Waals surface area contributed by atoms with E-state index >= 15 is 0 Å². The van der Waals surface area contributed by atoms with Crippen molar-refractivity contribution in [2.24, 2.45) is 5.73 Å². The SMILES string of the molecule is [C-]#[N+]c1ccc(NC(=O)N2CCn3nc(-c4cc(Cl)c5[nH]ncc5c4)c(C(N)=O)c3C2)cc1C. The number of rotatable bonds is 3. The number of hydrogen-bond donors (Lipinski definition) is 3. The van der Waals surface area contributed by atoms with Gasteiger partial charge in [-0.05, 0) is 36.8 Å². The van der Waals surface area contributed by atoms with Gasteiger partial charge in [0, 0.05) is 23.2 Å². The number of H-pyrrole nitrogens is 1. The summed E-state index contributed by atoms with van der Waals surface area (Å²) in [6, 6.07) is 8.34. The Morgan fingerprint density at radius 1 is 1.26 bits per heavy atom. The normalized spacial score (nSPS) is 12.9. The third-order valence-corrected chi connectivity index (χ3v) is 6.15. The maximum atomic E-state index is 12.9. The molecule has 3 amide bonds.